The first-order valence-electron chi connectivity index (χ1n) is 16.3. The van der Waals surface area contributed by atoms with E-state index in [0.29, 0.717) is 12.3 Å². The van der Waals surface area contributed by atoms with Crippen molar-refractivity contribution in [3.8, 4) is 11.1 Å². The summed E-state index contributed by atoms with van der Waals surface area (Å²) in [6, 6.07) is 33.3. The van der Waals surface area contributed by atoms with Gasteiger partial charge in [0.25, 0.3) is 0 Å². The Morgan fingerprint density at radius 2 is 1.53 bits per heavy atom. The normalized spacial score (nSPS) is 13.6. The maximum atomic E-state index is 13.9. The second-order valence-corrected chi connectivity index (χ2v) is 14.7. The first kappa shape index (κ1) is 35.7. The summed E-state index contributed by atoms with van der Waals surface area (Å²) in [7, 11) is -4.48. The van der Waals surface area contributed by atoms with Crippen LogP contribution in [-0.2, 0) is 16.6 Å². The number of primary sulfonamides is 1. The highest BCUT2D eigenvalue weighted by Crippen LogP contribution is 2.36. The van der Waals surface area contributed by atoms with Gasteiger partial charge in [0.15, 0.2) is 0 Å². The molecule has 0 spiro atoms. The number of nitrogens with one attached hydrogen (secondary N) is 1. The Labute approximate surface area is 300 Å². The highest BCUT2D eigenvalue weighted by atomic mass is 32.2. The fourth-order valence-corrected chi connectivity index (χ4v) is 7.70. The molecule has 0 aromatic heterocycles. The molecular formula is C38H36FN5O5S2. The summed E-state index contributed by atoms with van der Waals surface area (Å²) in [5.41, 5.74) is 2.95. The monoisotopic (exact) mass is 725 g/mol. The van der Waals surface area contributed by atoms with Gasteiger partial charge in [-0.05, 0) is 77.4 Å². The third-order valence-electron chi connectivity index (χ3n) is 8.72. The van der Waals surface area contributed by atoms with Crippen molar-refractivity contribution in [3.63, 3.8) is 0 Å². The molecule has 0 unspecified atom stereocenters. The van der Waals surface area contributed by atoms with Gasteiger partial charge in [0.05, 0.1) is 4.92 Å². The second-order valence-electron chi connectivity index (χ2n) is 12.0. The van der Waals surface area contributed by atoms with Crippen LogP contribution in [0.3, 0.4) is 0 Å². The maximum absolute atomic E-state index is 13.9. The summed E-state index contributed by atoms with van der Waals surface area (Å²) in [6.45, 7) is 4.08. The highest BCUT2D eigenvalue weighted by Gasteiger charge is 2.33. The molecule has 0 radical (unpaired) electrons. The predicted octanol–water partition coefficient (Wildman–Crippen LogP) is 6.81. The van der Waals surface area contributed by atoms with Gasteiger partial charge in [-0.15, -0.1) is 11.8 Å². The molecule has 0 bridgehead atoms. The molecule has 0 aliphatic carbocycles. The minimum atomic E-state index is -4.48. The first-order valence-corrected chi connectivity index (χ1v) is 18.8. The van der Waals surface area contributed by atoms with Gasteiger partial charge < -0.3 is 10.2 Å². The molecule has 0 amide bonds. The van der Waals surface area contributed by atoms with Crippen molar-refractivity contribution in [3.05, 3.63) is 148 Å². The topological polar surface area (TPSA) is 139 Å². The van der Waals surface area contributed by atoms with E-state index in [4.69, 9.17) is 5.14 Å². The Morgan fingerprint density at radius 3 is 2.20 bits per heavy atom. The van der Waals surface area contributed by atoms with Crippen LogP contribution in [0.4, 0.5) is 21.5 Å². The van der Waals surface area contributed by atoms with Gasteiger partial charge in [-0.3, -0.25) is 19.8 Å². The summed E-state index contributed by atoms with van der Waals surface area (Å²) >= 11 is 1.55. The van der Waals surface area contributed by atoms with E-state index in [-0.39, 0.29) is 17.1 Å². The lowest BCUT2D eigenvalue weighted by molar-refractivity contribution is -0.384. The Morgan fingerprint density at radius 1 is 0.863 bits per heavy atom. The van der Waals surface area contributed by atoms with E-state index in [0.717, 1.165) is 66.1 Å². The van der Waals surface area contributed by atoms with Gasteiger partial charge in [0, 0.05) is 61.2 Å². The van der Waals surface area contributed by atoms with E-state index in [1.54, 1.807) is 48.2 Å². The van der Waals surface area contributed by atoms with Crippen LogP contribution in [0.15, 0.2) is 125 Å². The van der Waals surface area contributed by atoms with Gasteiger partial charge in [-0.25, -0.2) is 17.9 Å². The molecule has 13 heteroatoms. The lowest BCUT2D eigenvalue weighted by Crippen LogP contribution is -2.46. The van der Waals surface area contributed by atoms with Crippen molar-refractivity contribution >= 4 is 44.6 Å². The number of nitrogens with two attached hydrogens (primary N) is 1. The fourth-order valence-electron chi connectivity index (χ4n) is 6.18. The summed E-state index contributed by atoms with van der Waals surface area (Å²) in [6.07, 6.45) is 0. The number of thioether (sulfide) groups is 1. The number of hydrogen-bond donors (Lipinski definition) is 2. The fraction of sp³-hybridized carbons (Fsp3) is 0.184. The molecule has 1 aliphatic rings. The largest absolute Gasteiger partial charge is 0.379 e. The summed E-state index contributed by atoms with van der Waals surface area (Å²) < 4.78 is 38.6. The quantitative estimate of drug-likeness (QED) is 0.0441. The molecule has 0 atom stereocenters. The van der Waals surface area contributed by atoms with Crippen molar-refractivity contribution in [1.29, 1.82) is 0 Å². The summed E-state index contributed by atoms with van der Waals surface area (Å²) in [5.74, 6) is -0.518. The van der Waals surface area contributed by atoms with E-state index in [2.05, 4.69) is 21.2 Å². The molecule has 51 heavy (non-hydrogen) atoms. The zero-order chi connectivity index (χ0) is 36.0. The Balaban J connectivity index is 1.15. The summed E-state index contributed by atoms with van der Waals surface area (Å²) in [4.78, 5) is 30.4. The van der Waals surface area contributed by atoms with E-state index in [9.17, 15) is 27.7 Å². The smallest absolute Gasteiger partial charge is 0.304 e. The molecule has 1 heterocycles. The molecule has 10 nitrogen and oxygen atoms in total. The van der Waals surface area contributed by atoms with E-state index >= 15 is 0 Å². The molecule has 1 aliphatic heterocycles. The van der Waals surface area contributed by atoms with Crippen molar-refractivity contribution in [2.24, 2.45) is 5.14 Å². The predicted molar refractivity (Wildman–Crippen MR) is 199 cm³/mol. The molecule has 1 fully saturated rings. The van der Waals surface area contributed by atoms with E-state index in [1.807, 2.05) is 48.5 Å². The standard InChI is InChI=1S/C38H36FN5O5S2/c39-30-14-10-27(11-15-30)33-9-5-4-6-29(33)26-42-21-23-43(24-22-42)31-16-12-28(13-17-31)38(45)36-35(51(40,48)49)19-18-34(37(36)44(46)47)41-20-25-50-32-7-2-1-3-8-32/h1-19,41H,20-26H2,(H2,40,48,49). The van der Waals surface area contributed by atoms with Crippen LogP contribution in [0.2, 0.25) is 0 Å². The van der Waals surface area contributed by atoms with E-state index < -0.39 is 36.9 Å². The van der Waals surface area contributed by atoms with Gasteiger partial charge in [-0.1, -0.05) is 54.6 Å². The molecule has 5 aromatic carbocycles. The van der Waals surface area contributed by atoms with Crippen LogP contribution >= 0.6 is 11.8 Å². The zero-order valence-corrected chi connectivity index (χ0v) is 29.2. The van der Waals surface area contributed by atoms with Crippen LogP contribution in [0.1, 0.15) is 21.5 Å². The number of piperazine rings is 1. The number of anilines is 2. The number of benzene rings is 5. The third kappa shape index (κ3) is 8.63. The maximum Gasteiger partial charge on any atom is 0.304 e. The van der Waals surface area contributed by atoms with Crippen LogP contribution in [0.5, 0.6) is 0 Å². The lowest BCUT2D eigenvalue weighted by Gasteiger charge is -2.36. The molecule has 1 saturated heterocycles. The summed E-state index contributed by atoms with van der Waals surface area (Å²) in [5, 5.41) is 20.8. The van der Waals surface area contributed by atoms with Crippen LogP contribution in [0.25, 0.3) is 11.1 Å². The van der Waals surface area contributed by atoms with Gasteiger partial charge in [0.2, 0.25) is 15.8 Å². The van der Waals surface area contributed by atoms with Gasteiger partial charge in [0.1, 0.15) is 22.0 Å². The first-order chi connectivity index (χ1) is 24.6. The van der Waals surface area contributed by atoms with Crippen molar-refractivity contribution in [1.82, 2.24) is 4.90 Å². The van der Waals surface area contributed by atoms with Gasteiger partial charge >= 0.3 is 5.69 Å². The molecule has 0 saturated carbocycles. The minimum Gasteiger partial charge on any atom is -0.379 e. The Bertz CT molecular complexity index is 2130. The van der Waals surface area contributed by atoms with Crippen LogP contribution in [0, 0.1) is 15.9 Å². The highest BCUT2D eigenvalue weighted by molar-refractivity contribution is 7.99. The number of sulfonamides is 1. The second kappa shape index (κ2) is 15.9. The van der Waals surface area contributed by atoms with Crippen molar-refractivity contribution < 1.29 is 22.5 Å². The number of halogens is 1. The average molecular weight is 726 g/mol. The average Bonchev–Trinajstić information content (AvgIpc) is 3.14. The number of nitro groups is 1. The molecular weight excluding hydrogens is 690 g/mol. The molecule has 6 rings (SSSR count). The lowest BCUT2D eigenvalue weighted by atomic mass is 9.99. The number of hydrogen-bond acceptors (Lipinski definition) is 9. The number of carbonyl (C=O) groups is 1. The minimum absolute atomic E-state index is 0.0270. The van der Waals surface area contributed by atoms with E-state index in [1.165, 1.54) is 18.2 Å². The Kier molecular flexibility index (Phi) is 11.1. The Hall–Kier alpha value is -5.08. The number of carbonyl (C=O) groups excluding carboxylic acids is 1. The molecule has 5 aromatic rings. The SMILES string of the molecule is NS(=O)(=O)c1ccc(NCCSc2ccccc2)c([N+](=O)[O-])c1C(=O)c1ccc(N2CCN(Cc3ccccc3-c3ccc(F)cc3)CC2)cc1. The number of ketones is 1. The van der Waals surface area contributed by atoms with Crippen molar-refractivity contribution in [2.45, 2.75) is 16.3 Å². The number of nitro benzene ring substituents is 1. The molecule has 262 valence electrons. The number of nitrogens with zero attached hydrogens (tertiary/aromatic N) is 3. The zero-order valence-electron chi connectivity index (χ0n) is 27.6. The molecule has 3 N–H and O–H groups in total. The third-order valence-corrected chi connectivity index (χ3v) is 10.7. The van der Waals surface area contributed by atoms with Crippen LogP contribution < -0.4 is 15.4 Å². The van der Waals surface area contributed by atoms with Gasteiger partial charge in [-0.2, -0.15) is 0 Å². The number of rotatable bonds is 13. The van der Waals surface area contributed by atoms with Crippen molar-refractivity contribution in [2.75, 3.05) is 48.7 Å². The van der Waals surface area contributed by atoms with Crippen LogP contribution in [-0.4, -0.2) is 62.5 Å².